The highest BCUT2D eigenvalue weighted by atomic mass is 16.5. The van der Waals surface area contributed by atoms with E-state index in [1.807, 2.05) is 0 Å². The van der Waals surface area contributed by atoms with Crippen LogP contribution in [0, 0.1) is 46.3 Å². The van der Waals surface area contributed by atoms with Gasteiger partial charge < -0.3 is 4.74 Å². The largest absolute Gasteiger partial charge is 0.461 e. The van der Waals surface area contributed by atoms with Crippen LogP contribution in [0.15, 0.2) is 12.7 Å². The molecule has 0 N–H and O–H groups in total. The van der Waals surface area contributed by atoms with Crippen molar-refractivity contribution in [3.63, 3.8) is 0 Å². The van der Waals surface area contributed by atoms with Crippen LogP contribution in [0.4, 0.5) is 0 Å². The number of fused-ring (bicyclic) bond motifs is 5. The fourth-order valence-electron chi connectivity index (χ4n) is 9.23. The third kappa shape index (κ3) is 5.90. The molecular weight excluding hydrogens is 432 g/mol. The van der Waals surface area contributed by atoms with Crippen molar-refractivity contribution in [1.82, 2.24) is 0 Å². The number of hydrogen-bond acceptors (Lipinski definition) is 3. The van der Waals surface area contributed by atoms with Crippen molar-refractivity contribution in [2.45, 2.75) is 125 Å². The molecule has 0 aromatic heterocycles. The number of ether oxygens (including phenoxy) is 1. The van der Waals surface area contributed by atoms with Crippen molar-refractivity contribution in [3.05, 3.63) is 12.7 Å². The van der Waals surface area contributed by atoms with Crippen LogP contribution < -0.4 is 0 Å². The van der Waals surface area contributed by atoms with Gasteiger partial charge in [0, 0.05) is 18.8 Å². The molecule has 4 aliphatic rings. The first-order valence-corrected chi connectivity index (χ1v) is 15.0. The number of unbranched alkanes of at least 4 members (excludes halogenated alkanes) is 2. The Labute approximate surface area is 216 Å². The van der Waals surface area contributed by atoms with Gasteiger partial charge in [0.1, 0.15) is 12.4 Å². The van der Waals surface area contributed by atoms with Gasteiger partial charge in [0.15, 0.2) is 0 Å². The van der Waals surface area contributed by atoms with Crippen molar-refractivity contribution >= 4 is 11.8 Å². The maximum absolute atomic E-state index is 13.3. The van der Waals surface area contributed by atoms with Gasteiger partial charge in [0.05, 0.1) is 0 Å². The number of rotatable bonds is 8. The second-order valence-electron chi connectivity index (χ2n) is 12.9. The van der Waals surface area contributed by atoms with E-state index in [1.165, 1.54) is 77.0 Å². The van der Waals surface area contributed by atoms with E-state index >= 15 is 0 Å². The molecule has 3 nitrogen and oxygen atoms in total. The first-order chi connectivity index (χ1) is 16.7. The Bertz CT molecular complexity index is 728. The van der Waals surface area contributed by atoms with Crippen molar-refractivity contribution in [2.24, 2.45) is 46.3 Å². The third-order valence-electron chi connectivity index (χ3n) is 11.0. The molecule has 4 rings (SSSR count). The summed E-state index contributed by atoms with van der Waals surface area (Å²) in [7, 11) is 0. The lowest BCUT2D eigenvalue weighted by molar-refractivity contribution is -0.142. The maximum Gasteiger partial charge on any atom is 0.305 e. The zero-order valence-electron chi connectivity index (χ0n) is 23.6. The predicted molar refractivity (Wildman–Crippen MR) is 145 cm³/mol. The molecule has 3 heteroatoms. The molecule has 0 aliphatic heterocycles. The van der Waals surface area contributed by atoms with E-state index < -0.39 is 0 Å². The minimum atomic E-state index is -0.176. The van der Waals surface area contributed by atoms with E-state index in [4.69, 9.17) is 0 Å². The summed E-state index contributed by atoms with van der Waals surface area (Å²) in [5, 5.41) is 0. The number of esters is 1. The standard InChI is InChI=1S/C26H44O.C6H10O2/c1-5-6-7-10-18(2)24-23(27)17-22-20-13-12-19-11-8-9-15-25(19,3)21(20)14-16-26(22,24)4;1-3-5-8-6(7)4-2/h18-22,24H,5-17H2,1-4H3;3H,1,4-5H2,2H3/t18-,19?,20-,21+,22+,24+,25+,26+;/m1./s1. The smallest absolute Gasteiger partial charge is 0.305 e. The lowest BCUT2D eigenvalue weighted by Gasteiger charge is -2.60. The summed E-state index contributed by atoms with van der Waals surface area (Å²) in [6.45, 7) is 15.3. The number of carbonyl (C=O) groups excluding carboxylic acids is 2. The average Bonchev–Trinajstić information content (AvgIpc) is 3.12. The van der Waals surface area contributed by atoms with E-state index in [2.05, 4.69) is 39.0 Å². The third-order valence-corrected chi connectivity index (χ3v) is 11.0. The fraction of sp³-hybridized carbons (Fsp3) is 0.875. The van der Waals surface area contributed by atoms with Crippen molar-refractivity contribution in [1.29, 1.82) is 0 Å². The van der Waals surface area contributed by atoms with E-state index in [0.29, 0.717) is 47.4 Å². The molecule has 0 aromatic rings. The van der Waals surface area contributed by atoms with Gasteiger partial charge >= 0.3 is 5.97 Å². The van der Waals surface area contributed by atoms with Crippen LogP contribution in [-0.4, -0.2) is 18.4 Å². The predicted octanol–water partition coefficient (Wildman–Crippen LogP) is 8.56. The molecule has 0 radical (unpaired) electrons. The minimum absolute atomic E-state index is 0.176. The van der Waals surface area contributed by atoms with Crippen LogP contribution in [0.5, 0.6) is 0 Å². The molecule has 0 spiro atoms. The van der Waals surface area contributed by atoms with Crippen LogP contribution in [0.25, 0.3) is 0 Å². The first-order valence-electron chi connectivity index (χ1n) is 15.0. The Morgan fingerprint density at radius 3 is 2.51 bits per heavy atom. The molecule has 4 fully saturated rings. The summed E-state index contributed by atoms with van der Waals surface area (Å²) in [4.78, 5) is 23.6. The number of Topliss-reactive ketones (excluding diaryl/α,β-unsaturated/α-hetero) is 1. The minimum Gasteiger partial charge on any atom is -0.461 e. The van der Waals surface area contributed by atoms with Gasteiger partial charge in [-0.2, -0.15) is 0 Å². The molecule has 0 bridgehead atoms. The van der Waals surface area contributed by atoms with Gasteiger partial charge in [-0.25, -0.2) is 0 Å². The quantitative estimate of drug-likeness (QED) is 0.196. The van der Waals surface area contributed by atoms with Crippen LogP contribution >= 0.6 is 0 Å². The van der Waals surface area contributed by atoms with E-state index in [9.17, 15) is 9.59 Å². The lowest BCUT2D eigenvalue weighted by atomic mass is 9.44. The Balaban J connectivity index is 0.000000371. The second-order valence-corrected chi connectivity index (χ2v) is 12.9. The molecule has 200 valence electrons. The molecule has 0 amide bonds. The Hall–Kier alpha value is -1.12. The van der Waals surface area contributed by atoms with Crippen LogP contribution in [0.2, 0.25) is 0 Å². The molecule has 4 aliphatic carbocycles. The van der Waals surface area contributed by atoms with Crippen LogP contribution in [0.1, 0.15) is 125 Å². The number of carbonyl (C=O) groups is 2. The highest BCUT2D eigenvalue weighted by Crippen LogP contribution is 2.67. The highest BCUT2D eigenvalue weighted by Gasteiger charge is 2.62. The van der Waals surface area contributed by atoms with Gasteiger partial charge in [-0.15, -0.1) is 0 Å². The summed E-state index contributed by atoms with van der Waals surface area (Å²) in [5.41, 5.74) is 0.901. The topological polar surface area (TPSA) is 43.4 Å². The Kier molecular flexibility index (Phi) is 10.1. The van der Waals surface area contributed by atoms with Crippen LogP contribution in [-0.2, 0) is 14.3 Å². The second kappa shape index (κ2) is 12.4. The summed E-state index contributed by atoms with van der Waals surface area (Å²) < 4.78 is 4.58. The average molecular weight is 487 g/mol. The molecular formula is C32H54O3. The monoisotopic (exact) mass is 486 g/mol. The van der Waals surface area contributed by atoms with Crippen molar-refractivity contribution < 1.29 is 14.3 Å². The molecule has 4 saturated carbocycles. The van der Waals surface area contributed by atoms with Gasteiger partial charge in [-0.3, -0.25) is 9.59 Å². The number of ketones is 1. The van der Waals surface area contributed by atoms with Gasteiger partial charge in [-0.1, -0.05) is 85.8 Å². The lowest BCUT2D eigenvalue weighted by Crippen LogP contribution is -2.53. The van der Waals surface area contributed by atoms with Gasteiger partial charge in [-0.05, 0) is 78.9 Å². The van der Waals surface area contributed by atoms with Crippen molar-refractivity contribution in [3.8, 4) is 0 Å². The van der Waals surface area contributed by atoms with Gasteiger partial charge in [0.2, 0.25) is 0 Å². The number of hydrogen-bond donors (Lipinski definition) is 0. The summed E-state index contributed by atoms with van der Waals surface area (Å²) in [5.74, 6) is 4.86. The fourth-order valence-corrected chi connectivity index (χ4v) is 9.23. The molecule has 0 aromatic carbocycles. The SMILES string of the molecule is C=CCOC(=O)CC.CCCCC[C@@H](C)[C@H]1C(=O)C[C@H]2[C@@H]3CCC4CCCC[C@]4(C)[C@H]3CC[C@]12C. The van der Waals surface area contributed by atoms with E-state index in [0.717, 1.165) is 24.2 Å². The van der Waals surface area contributed by atoms with E-state index in [1.54, 1.807) is 13.0 Å². The van der Waals surface area contributed by atoms with Crippen molar-refractivity contribution in [2.75, 3.05) is 6.61 Å². The highest BCUT2D eigenvalue weighted by molar-refractivity contribution is 5.85. The summed E-state index contributed by atoms with van der Waals surface area (Å²) in [6, 6.07) is 0. The van der Waals surface area contributed by atoms with E-state index in [-0.39, 0.29) is 5.97 Å². The zero-order chi connectivity index (χ0) is 25.6. The molecule has 0 heterocycles. The normalized spacial score (nSPS) is 38.8. The zero-order valence-corrected chi connectivity index (χ0v) is 23.6. The summed E-state index contributed by atoms with van der Waals surface area (Å²) in [6.07, 6.45) is 19.6. The molecule has 1 unspecified atom stereocenters. The molecule has 0 saturated heterocycles. The summed E-state index contributed by atoms with van der Waals surface area (Å²) >= 11 is 0. The maximum atomic E-state index is 13.3. The first kappa shape index (κ1) is 28.5. The Morgan fingerprint density at radius 1 is 1.06 bits per heavy atom. The molecule has 8 atom stereocenters. The van der Waals surface area contributed by atoms with Crippen LogP contribution in [0.3, 0.4) is 0 Å². The van der Waals surface area contributed by atoms with Gasteiger partial charge in [0.25, 0.3) is 0 Å². The Morgan fingerprint density at radius 2 is 1.83 bits per heavy atom. The molecule has 35 heavy (non-hydrogen) atoms.